The second-order valence-electron chi connectivity index (χ2n) is 8.78. The van der Waals surface area contributed by atoms with Crippen LogP contribution in [0.1, 0.15) is 74.6 Å². The van der Waals surface area contributed by atoms with Gasteiger partial charge in [-0.05, 0) is 70.9 Å². The van der Waals surface area contributed by atoms with Crippen LogP contribution < -0.4 is 14.8 Å². The number of ether oxygens (including phenoxy) is 2. The van der Waals surface area contributed by atoms with E-state index in [9.17, 15) is 4.79 Å². The largest absolute Gasteiger partial charge is 0.496 e. The Balaban J connectivity index is 1.62. The summed E-state index contributed by atoms with van der Waals surface area (Å²) in [4.78, 5) is 12.4. The monoisotopic (exact) mass is 437 g/mol. The van der Waals surface area contributed by atoms with Crippen LogP contribution >= 0.6 is 21.6 Å². The summed E-state index contributed by atoms with van der Waals surface area (Å²) in [5.41, 5.74) is 4.35. The van der Waals surface area contributed by atoms with E-state index >= 15 is 0 Å². The lowest BCUT2D eigenvalue weighted by Gasteiger charge is -2.36. The molecule has 0 aromatic heterocycles. The fourth-order valence-electron chi connectivity index (χ4n) is 4.18. The average molecular weight is 438 g/mol. The van der Waals surface area contributed by atoms with E-state index < -0.39 is 0 Å². The normalized spacial score (nSPS) is 20.1. The first-order valence-electron chi connectivity index (χ1n) is 10.8. The third kappa shape index (κ3) is 5.57. The quantitative estimate of drug-likeness (QED) is 0.415. The number of hydrogen-bond acceptors (Lipinski definition) is 5. The first-order valence-corrected chi connectivity index (χ1v) is 13.1. The second-order valence-corrected chi connectivity index (χ2v) is 11.6. The first kappa shape index (κ1) is 22.7. The Labute approximate surface area is 183 Å². The van der Waals surface area contributed by atoms with Gasteiger partial charge in [0.05, 0.1) is 7.11 Å². The van der Waals surface area contributed by atoms with Crippen molar-refractivity contribution in [2.75, 3.05) is 12.9 Å². The highest BCUT2D eigenvalue weighted by atomic mass is 33.1. The Hall–Kier alpha value is -1.01. The van der Waals surface area contributed by atoms with Crippen LogP contribution in [0.15, 0.2) is 0 Å². The van der Waals surface area contributed by atoms with Gasteiger partial charge >= 0.3 is 0 Å². The van der Waals surface area contributed by atoms with Gasteiger partial charge in [0.25, 0.3) is 0 Å². The van der Waals surface area contributed by atoms with E-state index in [4.69, 9.17) is 9.47 Å². The van der Waals surface area contributed by atoms with Crippen molar-refractivity contribution in [3.8, 4) is 11.5 Å². The first-order chi connectivity index (χ1) is 13.8. The number of nitrogens with one attached hydrogen (secondary N) is 1. The minimum absolute atomic E-state index is 0.129. The minimum atomic E-state index is -0.157. The molecule has 1 N–H and O–H groups in total. The molecular formula is C23H35NO3S2. The van der Waals surface area contributed by atoms with Crippen LogP contribution in [0, 0.1) is 13.8 Å². The molecule has 1 fully saturated rings. The summed E-state index contributed by atoms with van der Waals surface area (Å²) in [5.74, 6) is 3.28. The zero-order valence-corrected chi connectivity index (χ0v) is 20.1. The van der Waals surface area contributed by atoms with Gasteiger partial charge in [0.1, 0.15) is 17.1 Å². The van der Waals surface area contributed by atoms with Crippen molar-refractivity contribution < 1.29 is 14.3 Å². The Morgan fingerprint density at radius 1 is 1.28 bits per heavy atom. The highest BCUT2D eigenvalue weighted by Gasteiger charge is 2.32. The predicted molar refractivity (Wildman–Crippen MR) is 124 cm³/mol. The van der Waals surface area contributed by atoms with Gasteiger partial charge in [0, 0.05) is 35.1 Å². The number of amides is 1. The summed E-state index contributed by atoms with van der Waals surface area (Å²) in [6.07, 6.45) is 7.16. The Kier molecular flexibility index (Phi) is 7.71. The molecular weight excluding hydrogens is 402 g/mol. The molecule has 162 valence electrons. The highest BCUT2D eigenvalue weighted by molar-refractivity contribution is 8.77. The van der Waals surface area contributed by atoms with Crippen molar-refractivity contribution in [1.29, 1.82) is 0 Å². The van der Waals surface area contributed by atoms with Gasteiger partial charge in [-0.25, -0.2) is 0 Å². The zero-order valence-electron chi connectivity index (χ0n) is 18.5. The molecule has 2 heterocycles. The molecule has 0 spiro atoms. The number of carbonyl (C=O) groups is 1. The molecule has 29 heavy (non-hydrogen) atoms. The third-order valence-electron chi connectivity index (χ3n) is 6.09. The lowest BCUT2D eigenvalue weighted by atomic mass is 9.87. The number of carbonyl (C=O) groups excluding carboxylic acids is 1. The van der Waals surface area contributed by atoms with E-state index in [-0.39, 0.29) is 11.5 Å². The zero-order chi connectivity index (χ0) is 21.0. The number of unbranched alkanes of at least 4 members (excludes halogenated alkanes) is 1. The van der Waals surface area contributed by atoms with Crippen LogP contribution in [-0.2, 0) is 17.8 Å². The minimum Gasteiger partial charge on any atom is -0.496 e. The van der Waals surface area contributed by atoms with Crippen molar-refractivity contribution in [2.45, 2.75) is 90.0 Å². The number of fused-ring (bicyclic) bond motifs is 1. The molecule has 1 aromatic carbocycles. The van der Waals surface area contributed by atoms with E-state index in [0.29, 0.717) is 13.0 Å². The van der Waals surface area contributed by atoms with Crippen LogP contribution in [0.4, 0.5) is 0 Å². The maximum absolute atomic E-state index is 12.4. The van der Waals surface area contributed by atoms with Gasteiger partial charge in [-0.2, -0.15) is 0 Å². The molecule has 1 aromatic rings. The van der Waals surface area contributed by atoms with Crippen LogP contribution in [0.3, 0.4) is 0 Å². The van der Waals surface area contributed by atoms with Crippen molar-refractivity contribution >= 4 is 27.5 Å². The molecule has 1 amide bonds. The van der Waals surface area contributed by atoms with Gasteiger partial charge in [-0.1, -0.05) is 28.0 Å². The van der Waals surface area contributed by atoms with Crippen molar-refractivity contribution in [1.82, 2.24) is 5.32 Å². The van der Waals surface area contributed by atoms with E-state index in [1.54, 1.807) is 7.11 Å². The van der Waals surface area contributed by atoms with Gasteiger partial charge < -0.3 is 14.8 Å². The Morgan fingerprint density at radius 2 is 2.07 bits per heavy atom. The van der Waals surface area contributed by atoms with E-state index in [1.165, 1.54) is 24.2 Å². The number of rotatable bonds is 8. The molecule has 0 saturated carbocycles. The summed E-state index contributed by atoms with van der Waals surface area (Å²) in [5, 5.41) is 3.93. The standard InChI is InChI=1S/C23H35NO3S2/c1-15-16(2)22-18(10-12-23(3,4)27-22)19(21(15)26-5)14-24-20(25)9-7-6-8-17-11-13-28-29-17/h17H,6-14H2,1-5H3,(H,24,25). The second kappa shape index (κ2) is 9.86. The van der Waals surface area contributed by atoms with Crippen molar-refractivity contribution in [2.24, 2.45) is 0 Å². The molecule has 4 nitrogen and oxygen atoms in total. The van der Waals surface area contributed by atoms with Crippen LogP contribution in [-0.4, -0.2) is 29.6 Å². The molecule has 1 saturated heterocycles. The molecule has 0 bridgehead atoms. The molecule has 3 rings (SSSR count). The predicted octanol–water partition coefficient (Wildman–Crippen LogP) is 5.75. The topological polar surface area (TPSA) is 47.6 Å². The molecule has 1 atom stereocenters. The molecule has 6 heteroatoms. The van der Waals surface area contributed by atoms with Crippen LogP contribution in [0.25, 0.3) is 0 Å². The van der Waals surface area contributed by atoms with E-state index in [1.807, 2.05) is 21.6 Å². The molecule has 2 aliphatic rings. The lowest BCUT2D eigenvalue weighted by molar-refractivity contribution is -0.121. The maximum atomic E-state index is 12.4. The summed E-state index contributed by atoms with van der Waals surface area (Å²) >= 11 is 0. The van der Waals surface area contributed by atoms with Gasteiger partial charge in [0.15, 0.2) is 0 Å². The van der Waals surface area contributed by atoms with Crippen molar-refractivity contribution in [3.63, 3.8) is 0 Å². The summed E-state index contributed by atoms with van der Waals surface area (Å²) in [7, 11) is 5.72. The van der Waals surface area contributed by atoms with Gasteiger partial charge in [-0.3, -0.25) is 4.79 Å². The number of benzene rings is 1. The third-order valence-corrected chi connectivity index (χ3v) is 9.09. The van der Waals surface area contributed by atoms with E-state index in [0.717, 1.165) is 59.1 Å². The highest BCUT2D eigenvalue weighted by Crippen LogP contribution is 2.44. The van der Waals surface area contributed by atoms with E-state index in [2.05, 4.69) is 33.0 Å². The van der Waals surface area contributed by atoms with Crippen molar-refractivity contribution in [3.05, 3.63) is 22.3 Å². The fourth-order valence-corrected chi connectivity index (χ4v) is 7.21. The SMILES string of the molecule is COc1c(C)c(C)c2c(c1CNC(=O)CCCCC1CCSS1)CCC(C)(C)O2. The van der Waals surface area contributed by atoms with Crippen LogP contribution in [0.5, 0.6) is 11.5 Å². The molecule has 2 aliphatic heterocycles. The maximum Gasteiger partial charge on any atom is 0.220 e. The molecule has 0 radical (unpaired) electrons. The van der Waals surface area contributed by atoms with Gasteiger partial charge in [-0.15, -0.1) is 0 Å². The molecule has 0 aliphatic carbocycles. The Morgan fingerprint density at radius 3 is 2.76 bits per heavy atom. The summed E-state index contributed by atoms with van der Waals surface area (Å²) in [6.45, 7) is 8.95. The summed E-state index contributed by atoms with van der Waals surface area (Å²) < 4.78 is 12.1. The average Bonchev–Trinajstić information content (AvgIpc) is 3.20. The summed E-state index contributed by atoms with van der Waals surface area (Å²) in [6, 6.07) is 0. The lowest BCUT2D eigenvalue weighted by Crippen LogP contribution is -2.34. The smallest absolute Gasteiger partial charge is 0.220 e. The number of methoxy groups -OCH3 is 1. The Bertz CT molecular complexity index is 742. The van der Waals surface area contributed by atoms with Crippen LogP contribution in [0.2, 0.25) is 0 Å². The van der Waals surface area contributed by atoms with Gasteiger partial charge in [0.2, 0.25) is 5.91 Å². The molecule has 1 unspecified atom stereocenters. The number of hydrogen-bond donors (Lipinski definition) is 1. The fraction of sp³-hybridized carbons (Fsp3) is 0.696.